The SMILES string of the molecule is COc1ccc(C(CNS(=O)(=O)c2ccc(C)cc2)N=[N+]=[N-])cc1. The van der Waals surface area contributed by atoms with E-state index in [1.165, 1.54) is 12.1 Å². The van der Waals surface area contributed by atoms with E-state index < -0.39 is 16.1 Å². The van der Waals surface area contributed by atoms with E-state index in [1.807, 2.05) is 6.92 Å². The van der Waals surface area contributed by atoms with Gasteiger partial charge in [0.1, 0.15) is 5.75 Å². The van der Waals surface area contributed by atoms with E-state index in [4.69, 9.17) is 10.3 Å². The second kappa shape index (κ2) is 7.83. The van der Waals surface area contributed by atoms with Crippen LogP contribution in [0.5, 0.6) is 5.75 Å². The quantitative estimate of drug-likeness (QED) is 0.472. The fourth-order valence-electron chi connectivity index (χ4n) is 2.10. The number of ether oxygens (including phenoxy) is 1. The first-order valence-electron chi connectivity index (χ1n) is 7.21. The zero-order chi connectivity index (χ0) is 17.6. The third-order valence-electron chi connectivity index (χ3n) is 3.49. The number of aryl methyl sites for hydroxylation is 1. The molecule has 0 saturated carbocycles. The molecule has 0 aromatic heterocycles. The molecule has 0 saturated heterocycles. The number of azide groups is 1. The molecule has 0 radical (unpaired) electrons. The van der Waals surface area contributed by atoms with Crippen LogP contribution >= 0.6 is 0 Å². The fourth-order valence-corrected chi connectivity index (χ4v) is 3.14. The van der Waals surface area contributed by atoms with Gasteiger partial charge in [-0.3, -0.25) is 0 Å². The van der Waals surface area contributed by atoms with Crippen LogP contribution in [0.15, 0.2) is 58.5 Å². The molecule has 1 N–H and O–H groups in total. The van der Waals surface area contributed by atoms with Gasteiger partial charge in [0.25, 0.3) is 0 Å². The van der Waals surface area contributed by atoms with Crippen molar-refractivity contribution in [2.24, 2.45) is 5.11 Å². The molecule has 0 spiro atoms. The molecule has 2 rings (SSSR count). The topological polar surface area (TPSA) is 104 Å². The Morgan fingerprint density at radius 2 is 1.79 bits per heavy atom. The Bertz CT molecular complexity index is 827. The van der Waals surface area contributed by atoms with Crippen LogP contribution in [0, 0.1) is 6.92 Å². The Labute approximate surface area is 141 Å². The van der Waals surface area contributed by atoms with E-state index in [-0.39, 0.29) is 11.4 Å². The summed E-state index contributed by atoms with van der Waals surface area (Å²) in [6.45, 7) is 1.85. The summed E-state index contributed by atoms with van der Waals surface area (Å²) in [4.78, 5) is 2.97. The molecule has 126 valence electrons. The number of benzene rings is 2. The smallest absolute Gasteiger partial charge is 0.240 e. The summed E-state index contributed by atoms with van der Waals surface area (Å²) in [6, 6.07) is 12.8. The Kier molecular flexibility index (Phi) is 5.81. The van der Waals surface area contributed by atoms with Crippen molar-refractivity contribution in [1.29, 1.82) is 0 Å². The van der Waals surface area contributed by atoms with Crippen molar-refractivity contribution in [3.8, 4) is 5.75 Å². The van der Waals surface area contributed by atoms with E-state index in [2.05, 4.69) is 14.7 Å². The minimum atomic E-state index is -3.67. The first kappa shape index (κ1) is 17.8. The number of hydrogen-bond donors (Lipinski definition) is 1. The van der Waals surface area contributed by atoms with Crippen LogP contribution in [0.4, 0.5) is 0 Å². The molecular weight excluding hydrogens is 328 g/mol. The second-order valence-corrected chi connectivity index (χ2v) is 6.93. The first-order chi connectivity index (χ1) is 11.5. The summed E-state index contributed by atoms with van der Waals surface area (Å²) in [5.74, 6) is 0.665. The molecule has 0 aliphatic carbocycles. The van der Waals surface area contributed by atoms with Crippen LogP contribution in [-0.2, 0) is 10.0 Å². The van der Waals surface area contributed by atoms with Crippen molar-refractivity contribution in [2.45, 2.75) is 17.9 Å². The molecule has 1 unspecified atom stereocenters. The normalized spacial score (nSPS) is 12.2. The molecule has 0 amide bonds. The van der Waals surface area contributed by atoms with Crippen molar-refractivity contribution in [3.63, 3.8) is 0 Å². The van der Waals surface area contributed by atoms with E-state index in [9.17, 15) is 8.42 Å². The van der Waals surface area contributed by atoms with E-state index in [0.717, 1.165) is 5.56 Å². The highest BCUT2D eigenvalue weighted by molar-refractivity contribution is 7.89. The predicted octanol–water partition coefficient (Wildman–Crippen LogP) is 3.33. The maximum Gasteiger partial charge on any atom is 0.240 e. The van der Waals surface area contributed by atoms with Gasteiger partial charge in [-0.1, -0.05) is 34.9 Å². The van der Waals surface area contributed by atoms with Crippen molar-refractivity contribution in [1.82, 2.24) is 4.72 Å². The second-order valence-electron chi connectivity index (χ2n) is 5.16. The number of sulfonamides is 1. The van der Waals surface area contributed by atoms with Gasteiger partial charge < -0.3 is 4.74 Å². The molecule has 1 atom stereocenters. The van der Waals surface area contributed by atoms with Crippen molar-refractivity contribution < 1.29 is 13.2 Å². The molecule has 0 aliphatic rings. The molecular formula is C16H18N4O3S. The van der Waals surface area contributed by atoms with Gasteiger partial charge in [0.2, 0.25) is 10.0 Å². The standard InChI is InChI=1S/C16H18N4O3S/c1-12-3-9-15(10-4-12)24(21,22)18-11-16(19-20-17)13-5-7-14(23-2)8-6-13/h3-10,16,18H,11H2,1-2H3. The summed E-state index contributed by atoms with van der Waals surface area (Å²) in [5, 5.41) is 3.67. The minimum Gasteiger partial charge on any atom is -0.497 e. The summed E-state index contributed by atoms with van der Waals surface area (Å²) in [5.41, 5.74) is 10.4. The van der Waals surface area contributed by atoms with Crippen LogP contribution in [0.1, 0.15) is 17.2 Å². The van der Waals surface area contributed by atoms with Gasteiger partial charge in [-0.25, -0.2) is 13.1 Å². The molecule has 2 aromatic rings. The summed E-state index contributed by atoms with van der Waals surface area (Å²) >= 11 is 0. The highest BCUT2D eigenvalue weighted by Crippen LogP contribution is 2.21. The number of nitrogens with zero attached hydrogens (tertiary/aromatic N) is 3. The van der Waals surface area contributed by atoms with E-state index in [0.29, 0.717) is 11.3 Å². The molecule has 24 heavy (non-hydrogen) atoms. The third kappa shape index (κ3) is 4.48. The van der Waals surface area contributed by atoms with Crippen molar-refractivity contribution in [2.75, 3.05) is 13.7 Å². The maximum absolute atomic E-state index is 12.3. The van der Waals surface area contributed by atoms with Crippen LogP contribution in [0.2, 0.25) is 0 Å². The Balaban J connectivity index is 2.15. The molecule has 0 heterocycles. The van der Waals surface area contributed by atoms with Crippen LogP contribution < -0.4 is 9.46 Å². The van der Waals surface area contributed by atoms with Gasteiger partial charge >= 0.3 is 0 Å². The number of nitrogens with one attached hydrogen (secondary N) is 1. The lowest BCUT2D eigenvalue weighted by Gasteiger charge is -2.14. The van der Waals surface area contributed by atoms with Gasteiger partial charge in [-0.05, 0) is 42.3 Å². The van der Waals surface area contributed by atoms with Gasteiger partial charge in [0, 0.05) is 11.5 Å². The average molecular weight is 346 g/mol. The molecule has 0 fully saturated rings. The Morgan fingerprint density at radius 1 is 1.17 bits per heavy atom. The Morgan fingerprint density at radius 3 is 2.33 bits per heavy atom. The van der Waals surface area contributed by atoms with E-state index >= 15 is 0 Å². The molecule has 7 nitrogen and oxygen atoms in total. The highest BCUT2D eigenvalue weighted by Gasteiger charge is 2.17. The average Bonchev–Trinajstić information content (AvgIpc) is 2.59. The van der Waals surface area contributed by atoms with Crippen molar-refractivity contribution in [3.05, 3.63) is 70.1 Å². The summed E-state index contributed by atoms with van der Waals surface area (Å²) < 4.78 is 32.2. The van der Waals surface area contributed by atoms with Gasteiger partial charge in [0.05, 0.1) is 18.0 Å². The van der Waals surface area contributed by atoms with Crippen LogP contribution in [0.25, 0.3) is 10.4 Å². The minimum absolute atomic E-state index is 0.0351. The van der Waals surface area contributed by atoms with Gasteiger partial charge in [0.15, 0.2) is 0 Å². The summed E-state index contributed by atoms with van der Waals surface area (Å²) in [7, 11) is -2.12. The van der Waals surface area contributed by atoms with Gasteiger partial charge in [-0.2, -0.15) is 0 Å². The number of hydrogen-bond acceptors (Lipinski definition) is 4. The van der Waals surface area contributed by atoms with Crippen LogP contribution in [-0.4, -0.2) is 22.1 Å². The van der Waals surface area contributed by atoms with Crippen molar-refractivity contribution >= 4 is 10.0 Å². The fraction of sp³-hybridized carbons (Fsp3) is 0.250. The monoisotopic (exact) mass is 346 g/mol. The zero-order valence-electron chi connectivity index (χ0n) is 13.4. The maximum atomic E-state index is 12.3. The molecule has 8 heteroatoms. The third-order valence-corrected chi connectivity index (χ3v) is 4.93. The number of methoxy groups -OCH3 is 1. The highest BCUT2D eigenvalue weighted by atomic mass is 32.2. The zero-order valence-corrected chi connectivity index (χ0v) is 14.2. The summed E-state index contributed by atoms with van der Waals surface area (Å²) in [6.07, 6.45) is 0. The van der Waals surface area contributed by atoms with Gasteiger partial charge in [-0.15, -0.1) is 0 Å². The molecule has 2 aromatic carbocycles. The predicted molar refractivity (Wildman–Crippen MR) is 91.2 cm³/mol. The lowest BCUT2D eigenvalue weighted by Crippen LogP contribution is -2.28. The number of rotatable bonds is 7. The lowest BCUT2D eigenvalue weighted by atomic mass is 10.1. The Hall–Kier alpha value is -2.54. The first-order valence-corrected chi connectivity index (χ1v) is 8.69. The largest absolute Gasteiger partial charge is 0.497 e. The van der Waals surface area contributed by atoms with Crippen LogP contribution in [0.3, 0.4) is 0 Å². The molecule has 0 aliphatic heterocycles. The molecule has 0 bridgehead atoms. The van der Waals surface area contributed by atoms with E-state index in [1.54, 1.807) is 43.5 Å². The lowest BCUT2D eigenvalue weighted by molar-refractivity contribution is 0.414.